The predicted octanol–water partition coefficient (Wildman–Crippen LogP) is 0.841. The van der Waals surface area contributed by atoms with Gasteiger partial charge in [0, 0.05) is 12.1 Å². The maximum Gasteiger partial charge on any atom is 0.196 e. The number of fused-ring (bicyclic) bond motifs is 1. The van der Waals surface area contributed by atoms with E-state index in [4.69, 9.17) is 5.11 Å². The molecule has 4 atom stereocenters. The number of aliphatic hydroxyl groups is 1. The van der Waals surface area contributed by atoms with Gasteiger partial charge < -0.3 is 5.11 Å². The summed E-state index contributed by atoms with van der Waals surface area (Å²) in [6.07, 6.45) is 0.788. The molecule has 0 amide bonds. The van der Waals surface area contributed by atoms with Gasteiger partial charge in [-0.15, -0.1) is 3.71 Å². The molecule has 1 N–H and O–H groups in total. The standard InChI is InChI=1S/C4H8N2OS2/c1-2-3-5-4(7)6(8-3)9-5/h3-4,7H,2H2,1H3/t3-,4+/m1/s1. The summed E-state index contributed by atoms with van der Waals surface area (Å²) in [6, 6.07) is 0. The summed E-state index contributed by atoms with van der Waals surface area (Å²) >= 11 is 3.33. The lowest BCUT2D eigenvalue weighted by Gasteiger charge is -2.33. The van der Waals surface area contributed by atoms with Crippen molar-refractivity contribution in [3.8, 4) is 0 Å². The number of nitrogens with zero attached hydrogens (tertiary/aromatic N) is 2. The van der Waals surface area contributed by atoms with E-state index in [1.54, 1.807) is 24.1 Å². The second-order valence-corrected chi connectivity index (χ2v) is 4.40. The van der Waals surface area contributed by atoms with Gasteiger partial charge in [0.2, 0.25) is 0 Å². The summed E-state index contributed by atoms with van der Waals surface area (Å²) in [7, 11) is 0. The smallest absolute Gasteiger partial charge is 0.196 e. The molecule has 0 aliphatic carbocycles. The van der Waals surface area contributed by atoms with Gasteiger partial charge in [-0.1, -0.05) is 6.92 Å². The van der Waals surface area contributed by atoms with Crippen molar-refractivity contribution in [1.82, 2.24) is 8.02 Å². The molecule has 2 bridgehead atoms. The fourth-order valence-corrected chi connectivity index (χ4v) is 3.37. The highest BCUT2D eigenvalue weighted by molar-refractivity contribution is 8.15. The Bertz CT molecular complexity index is 134. The fraction of sp³-hybridized carbons (Fsp3) is 1.00. The summed E-state index contributed by atoms with van der Waals surface area (Å²) in [5.74, 6) is 0. The quantitative estimate of drug-likeness (QED) is 0.580. The zero-order valence-electron chi connectivity index (χ0n) is 5.02. The molecule has 0 saturated carbocycles. The van der Waals surface area contributed by atoms with Crippen LogP contribution in [0.3, 0.4) is 0 Å². The Morgan fingerprint density at radius 3 is 2.67 bits per heavy atom. The minimum absolute atomic E-state index is 0.315. The van der Waals surface area contributed by atoms with E-state index in [0.29, 0.717) is 5.37 Å². The first-order valence-electron chi connectivity index (χ1n) is 2.93. The van der Waals surface area contributed by atoms with Crippen molar-refractivity contribution in [2.75, 3.05) is 0 Å². The highest BCUT2D eigenvalue weighted by Gasteiger charge is 2.50. The molecular weight excluding hydrogens is 156 g/mol. The summed E-state index contributed by atoms with van der Waals surface area (Å²) < 4.78 is 3.92. The molecule has 0 spiro atoms. The first-order chi connectivity index (χ1) is 4.33. The SMILES string of the molecule is CC[C@H]1SN2SN1[C@@H]2O. The van der Waals surface area contributed by atoms with Gasteiger partial charge in [0.15, 0.2) is 6.35 Å². The summed E-state index contributed by atoms with van der Waals surface area (Å²) in [5, 5.41) is 9.66. The van der Waals surface area contributed by atoms with E-state index >= 15 is 0 Å². The summed E-state index contributed by atoms with van der Waals surface area (Å²) in [4.78, 5) is 0. The zero-order chi connectivity index (χ0) is 6.43. The van der Waals surface area contributed by atoms with Gasteiger partial charge >= 0.3 is 0 Å². The third-order valence-electron chi connectivity index (χ3n) is 1.45. The van der Waals surface area contributed by atoms with Crippen LogP contribution >= 0.6 is 24.1 Å². The Balaban J connectivity index is 2.03. The second kappa shape index (κ2) is 2.03. The Kier molecular flexibility index (Phi) is 1.42. The van der Waals surface area contributed by atoms with Crippen molar-refractivity contribution in [3.05, 3.63) is 0 Å². The molecule has 3 saturated heterocycles. The number of hydrogen-bond acceptors (Lipinski definition) is 5. The molecule has 3 aliphatic rings. The summed E-state index contributed by atoms with van der Waals surface area (Å²) in [6.45, 7) is 2.13. The lowest BCUT2D eigenvalue weighted by Crippen LogP contribution is -2.43. The number of rotatable bonds is 1. The largest absolute Gasteiger partial charge is 0.363 e. The van der Waals surface area contributed by atoms with E-state index in [1.165, 1.54) is 0 Å². The highest BCUT2D eigenvalue weighted by Crippen LogP contribution is 2.54. The van der Waals surface area contributed by atoms with E-state index in [1.807, 2.05) is 8.02 Å². The second-order valence-electron chi connectivity index (χ2n) is 2.04. The van der Waals surface area contributed by atoms with Crippen LogP contribution in [0.25, 0.3) is 0 Å². The third kappa shape index (κ3) is 0.729. The normalized spacial score (nSPS) is 55.3. The molecule has 0 aromatic heterocycles. The van der Waals surface area contributed by atoms with Crippen LogP contribution in [0.5, 0.6) is 0 Å². The predicted molar refractivity (Wildman–Crippen MR) is 38.9 cm³/mol. The lowest BCUT2D eigenvalue weighted by molar-refractivity contribution is -0.000237. The molecule has 3 aliphatic heterocycles. The van der Waals surface area contributed by atoms with Crippen LogP contribution in [0.4, 0.5) is 0 Å². The van der Waals surface area contributed by atoms with Crippen LogP contribution in [0.1, 0.15) is 13.3 Å². The van der Waals surface area contributed by atoms with E-state index in [-0.39, 0.29) is 6.35 Å². The van der Waals surface area contributed by atoms with Crippen molar-refractivity contribution in [2.24, 2.45) is 0 Å². The molecule has 0 aromatic carbocycles. The van der Waals surface area contributed by atoms with Crippen LogP contribution in [0.15, 0.2) is 0 Å². The molecule has 2 unspecified atom stereocenters. The van der Waals surface area contributed by atoms with E-state index < -0.39 is 0 Å². The van der Waals surface area contributed by atoms with E-state index in [2.05, 4.69) is 6.92 Å². The molecular formula is C4H8N2OS2. The van der Waals surface area contributed by atoms with Crippen molar-refractivity contribution in [3.63, 3.8) is 0 Å². The Morgan fingerprint density at radius 1 is 1.67 bits per heavy atom. The molecule has 0 radical (unpaired) electrons. The molecule has 5 heteroatoms. The van der Waals surface area contributed by atoms with E-state index in [9.17, 15) is 0 Å². The molecule has 3 nitrogen and oxygen atoms in total. The van der Waals surface area contributed by atoms with Gasteiger partial charge in [-0.2, -0.15) is 4.31 Å². The van der Waals surface area contributed by atoms with Gasteiger partial charge in [0.25, 0.3) is 0 Å². The first kappa shape index (κ1) is 6.30. The van der Waals surface area contributed by atoms with Crippen molar-refractivity contribution in [2.45, 2.75) is 25.1 Å². The van der Waals surface area contributed by atoms with Crippen LogP contribution in [0.2, 0.25) is 0 Å². The fourth-order valence-electron chi connectivity index (χ4n) is 0.925. The zero-order valence-corrected chi connectivity index (χ0v) is 6.65. The van der Waals surface area contributed by atoms with E-state index in [0.717, 1.165) is 6.42 Å². The first-order valence-corrected chi connectivity index (χ1v) is 4.50. The van der Waals surface area contributed by atoms with Gasteiger partial charge in [-0.25, -0.2) is 0 Å². The molecule has 52 valence electrons. The number of aliphatic hydroxyl groups excluding tert-OH is 1. The Hall–Kier alpha value is 0.580. The minimum Gasteiger partial charge on any atom is -0.363 e. The summed E-state index contributed by atoms with van der Waals surface area (Å²) in [5.41, 5.74) is 0. The molecule has 9 heavy (non-hydrogen) atoms. The monoisotopic (exact) mass is 164 g/mol. The van der Waals surface area contributed by atoms with Crippen LogP contribution < -0.4 is 0 Å². The molecule has 3 heterocycles. The number of hydrogen-bond donors (Lipinski definition) is 1. The average Bonchev–Trinajstić information content (AvgIpc) is 2.40. The van der Waals surface area contributed by atoms with Gasteiger partial charge in [0.05, 0.1) is 5.37 Å². The maximum absolute atomic E-state index is 9.16. The van der Waals surface area contributed by atoms with Gasteiger partial charge in [-0.3, -0.25) is 0 Å². The average molecular weight is 164 g/mol. The lowest BCUT2D eigenvalue weighted by atomic mass is 10.5. The van der Waals surface area contributed by atoms with Crippen molar-refractivity contribution >= 4 is 24.1 Å². The van der Waals surface area contributed by atoms with Crippen LogP contribution in [-0.2, 0) is 0 Å². The minimum atomic E-state index is -0.315. The Labute approximate surface area is 62.8 Å². The van der Waals surface area contributed by atoms with Crippen molar-refractivity contribution < 1.29 is 5.11 Å². The Morgan fingerprint density at radius 2 is 2.44 bits per heavy atom. The van der Waals surface area contributed by atoms with Gasteiger partial charge in [0.1, 0.15) is 0 Å². The van der Waals surface area contributed by atoms with Gasteiger partial charge in [-0.05, 0) is 18.4 Å². The molecule has 3 rings (SSSR count). The maximum atomic E-state index is 9.16. The topological polar surface area (TPSA) is 26.7 Å². The van der Waals surface area contributed by atoms with Crippen molar-refractivity contribution in [1.29, 1.82) is 0 Å². The highest BCUT2D eigenvalue weighted by atomic mass is 32.2. The molecule has 0 aromatic rings. The van der Waals surface area contributed by atoms with Crippen LogP contribution in [0, 0.1) is 0 Å². The molecule has 3 fully saturated rings. The third-order valence-corrected chi connectivity index (χ3v) is 4.22. The van der Waals surface area contributed by atoms with Crippen LogP contribution in [-0.4, -0.2) is 24.8 Å².